The van der Waals surface area contributed by atoms with Crippen LogP contribution >= 0.6 is 0 Å². The third-order valence-corrected chi connectivity index (χ3v) is 13.7. The summed E-state index contributed by atoms with van der Waals surface area (Å²) in [5.41, 5.74) is 13.7. The van der Waals surface area contributed by atoms with Gasteiger partial charge in [0.1, 0.15) is 0 Å². The maximum Gasteiger partial charge on any atom is 0.0568 e. The average molecular weight is 841 g/mol. The molecule has 0 aliphatic heterocycles. The third kappa shape index (κ3) is 5.39. The molecule has 0 radical (unpaired) electrons. The van der Waals surface area contributed by atoms with Gasteiger partial charge in [0, 0.05) is 66.4 Å². The van der Waals surface area contributed by atoms with E-state index in [0.717, 1.165) is 56.3 Å². The quantitative estimate of drug-likeness (QED) is 0.142. The molecule has 0 aliphatic carbocycles. The molecule has 0 spiro atoms. The minimum atomic E-state index is 1.09. The maximum atomic E-state index is 2.45. The summed E-state index contributed by atoms with van der Waals surface area (Å²) < 4.78 is 4.88. The van der Waals surface area contributed by atoms with E-state index in [-0.39, 0.29) is 0 Å². The molecule has 4 nitrogen and oxygen atoms in total. The van der Waals surface area contributed by atoms with E-state index in [2.05, 4.69) is 262 Å². The minimum Gasteiger partial charge on any atom is -0.310 e. The molecule has 0 amide bonds. The van der Waals surface area contributed by atoms with E-state index < -0.39 is 0 Å². The molecular formula is C62H40N4. The first-order valence-electron chi connectivity index (χ1n) is 22.7. The largest absolute Gasteiger partial charge is 0.310 e. The first-order chi connectivity index (χ1) is 32.8. The van der Waals surface area contributed by atoms with Crippen molar-refractivity contribution >= 4 is 110 Å². The Kier molecular flexibility index (Phi) is 7.95. The molecule has 0 saturated carbocycles. The Bertz CT molecular complexity index is 3830. The molecule has 4 heteroatoms. The van der Waals surface area contributed by atoms with E-state index in [1.807, 2.05) is 0 Å². The second-order valence-corrected chi connectivity index (χ2v) is 17.3. The SMILES string of the molecule is c1ccc(N(c2cc3ccc4cccc5c4c3c(c2)n5-c2ccccc2)c2cccc3c(N(c4ccccc4)c4cc5ccc6cccc7c6c5c(c4)n7-c4ccccc4)cccc23)cc1. The van der Waals surface area contributed by atoms with Crippen LogP contribution in [0.1, 0.15) is 0 Å². The molecule has 14 rings (SSSR count). The van der Waals surface area contributed by atoms with Crippen molar-refractivity contribution in [2.45, 2.75) is 0 Å². The van der Waals surface area contributed by atoms with Gasteiger partial charge in [-0.25, -0.2) is 0 Å². The summed E-state index contributed by atoms with van der Waals surface area (Å²) in [7, 11) is 0. The van der Waals surface area contributed by atoms with Crippen LogP contribution in [0, 0.1) is 0 Å². The van der Waals surface area contributed by atoms with E-state index in [1.165, 1.54) is 65.2 Å². The van der Waals surface area contributed by atoms with Crippen LogP contribution in [-0.4, -0.2) is 9.13 Å². The van der Waals surface area contributed by atoms with Crippen LogP contribution in [0.15, 0.2) is 243 Å². The Balaban J connectivity index is 1.02. The number of hydrogen-bond acceptors (Lipinski definition) is 2. The van der Waals surface area contributed by atoms with Crippen LogP contribution in [-0.2, 0) is 0 Å². The molecule has 0 unspecified atom stereocenters. The van der Waals surface area contributed by atoms with Crippen LogP contribution < -0.4 is 9.80 Å². The molecule has 12 aromatic carbocycles. The van der Waals surface area contributed by atoms with Crippen LogP contribution in [0.5, 0.6) is 0 Å². The molecule has 14 aromatic rings. The fraction of sp³-hybridized carbons (Fsp3) is 0. The van der Waals surface area contributed by atoms with Crippen molar-refractivity contribution in [1.82, 2.24) is 9.13 Å². The average Bonchev–Trinajstić information content (AvgIpc) is 3.91. The van der Waals surface area contributed by atoms with Gasteiger partial charge >= 0.3 is 0 Å². The van der Waals surface area contributed by atoms with E-state index in [9.17, 15) is 0 Å². The first-order valence-corrected chi connectivity index (χ1v) is 22.7. The van der Waals surface area contributed by atoms with Crippen molar-refractivity contribution < 1.29 is 0 Å². The van der Waals surface area contributed by atoms with E-state index in [4.69, 9.17) is 0 Å². The predicted octanol–water partition coefficient (Wildman–Crippen LogP) is 17.2. The maximum absolute atomic E-state index is 2.45. The highest BCUT2D eigenvalue weighted by Gasteiger charge is 2.25. The molecular weight excluding hydrogens is 801 g/mol. The summed E-state index contributed by atoms with van der Waals surface area (Å²) >= 11 is 0. The second kappa shape index (κ2) is 14.3. The van der Waals surface area contributed by atoms with Crippen LogP contribution in [0.4, 0.5) is 34.1 Å². The topological polar surface area (TPSA) is 16.3 Å². The normalized spacial score (nSPS) is 11.9. The fourth-order valence-electron chi connectivity index (χ4n) is 11.0. The predicted molar refractivity (Wildman–Crippen MR) is 279 cm³/mol. The van der Waals surface area contributed by atoms with Crippen molar-refractivity contribution in [2.24, 2.45) is 0 Å². The molecule has 308 valence electrons. The van der Waals surface area contributed by atoms with Crippen molar-refractivity contribution in [3.63, 3.8) is 0 Å². The van der Waals surface area contributed by atoms with E-state index in [1.54, 1.807) is 0 Å². The smallest absolute Gasteiger partial charge is 0.0568 e. The molecule has 0 fully saturated rings. The van der Waals surface area contributed by atoms with Gasteiger partial charge in [-0.15, -0.1) is 0 Å². The molecule has 2 heterocycles. The van der Waals surface area contributed by atoms with Crippen molar-refractivity contribution in [3.8, 4) is 11.4 Å². The number of rotatable bonds is 8. The Labute approximate surface area is 381 Å². The lowest BCUT2D eigenvalue weighted by molar-refractivity contribution is 1.18. The summed E-state index contributed by atoms with van der Waals surface area (Å²) in [6, 6.07) is 88.8. The van der Waals surface area contributed by atoms with Crippen LogP contribution in [0.3, 0.4) is 0 Å². The number of anilines is 6. The molecule has 0 aliphatic rings. The molecule has 0 N–H and O–H groups in total. The number of fused-ring (bicyclic) bond motifs is 1. The zero-order chi connectivity index (χ0) is 43.3. The van der Waals surface area contributed by atoms with Gasteiger partial charge in [-0.1, -0.05) is 146 Å². The summed E-state index contributed by atoms with van der Waals surface area (Å²) in [5.74, 6) is 0. The van der Waals surface area contributed by atoms with Gasteiger partial charge in [0.05, 0.1) is 33.4 Å². The highest BCUT2D eigenvalue weighted by Crippen LogP contribution is 2.49. The summed E-state index contributed by atoms with van der Waals surface area (Å²) in [4.78, 5) is 4.89. The van der Waals surface area contributed by atoms with Crippen molar-refractivity contribution in [3.05, 3.63) is 243 Å². The number of benzene rings is 12. The highest BCUT2D eigenvalue weighted by atomic mass is 15.2. The first kappa shape index (κ1) is 36.6. The lowest BCUT2D eigenvalue weighted by atomic mass is 9.99. The Morgan fingerprint density at radius 3 is 1.03 bits per heavy atom. The Morgan fingerprint density at radius 1 is 0.242 bits per heavy atom. The summed E-state index contributed by atoms with van der Waals surface area (Å²) in [6.07, 6.45) is 0. The zero-order valence-corrected chi connectivity index (χ0v) is 35.9. The van der Waals surface area contributed by atoms with Crippen LogP contribution in [0.2, 0.25) is 0 Å². The lowest BCUT2D eigenvalue weighted by Gasteiger charge is -2.30. The van der Waals surface area contributed by atoms with Gasteiger partial charge in [0.25, 0.3) is 0 Å². The van der Waals surface area contributed by atoms with Gasteiger partial charge < -0.3 is 18.9 Å². The molecule has 0 bridgehead atoms. The van der Waals surface area contributed by atoms with Gasteiger partial charge in [-0.3, -0.25) is 0 Å². The monoisotopic (exact) mass is 840 g/mol. The van der Waals surface area contributed by atoms with E-state index >= 15 is 0 Å². The van der Waals surface area contributed by atoms with Gasteiger partial charge in [-0.05, 0) is 119 Å². The number of hydrogen-bond donors (Lipinski definition) is 0. The third-order valence-electron chi connectivity index (χ3n) is 13.7. The minimum absolute atomic E-state index is 1.09. The summed E-state index contributed by atoms with van der Waals surface area (Å²) in [6.45, 7) is 0. The molecule has 0 atom stereocenters. The molecule has 66 heavy (non-hydrogen) atoms. The van der Waals surface area contributed by atoms with Crippen LogP contribution in [0.25, 0.3) is 87.3 Å². The van der Waals surface area contributed by atoms with E-state index in [0.29, 0.717) is 0 Å². The number of nitrogens with zero attached hydrogens (tertiary/aromatic N) is 4. The Morgan fingerprint density at radius 2 is 0.606 bits per heavy atom. The fourth-order valence-corrected chi connectivity index (χ4v) is 11.0. The standard InChI is InChI=1S/C62H40N4/c1-5-19-45(20-6-1)63(49-37-43-35-33-41-17-13-31-55-59(41)61(43)57(39-49)65(55)47-23-9-3-10-24-47)53-29-15-28-52-51(53)27-16-30-54(52)64(46-21-7-2-8-22-46)50-38-44-36-34-42-18-14-32-56-60(42)62(44)58(40-50)66(56)48-25-11-4-12-26-48/h1-40H. The molecule has 0 saturated heterocycles. The zero-order valence-electron chi connectivity index (χ0n) is 35.9. The number of aromatic nitrogens is 2. The lowest BCUT2D eigenvalue weighted by Crippen LogP contribution is -2.13. The van der Waals surface area contributed by atoms with Crippen molar-refractivity contribution in [1.29, 1.82) is 0 Å². The van der Waals surface area contributed by atoms with Gasteiger partial charge in [-0.2, -0.15) is 0 Å². The number of para-hydroxylation sites is 4. The second-order valence-electron chi connectivity index (χ2n) is 17.3. The highest BCUT2D eigenvalue weighted by molar-refractivity contribution is 6.26. The molecule has 2 aromatic heterocycles. The Hall–Kier alpha value is -8.86. The van der Waals surface area contributed by atoms with Crippen molar-refractivity contribution in [2.75, 3.05) is 9.80 Å². The van der Waals surface area contributed by atoms with Gasteiger partial charge in [0.2, 0.25) is 0 Å². The summed E-state index contributed by atoms with van der Waals surface area (Å²) in [5, 5.41) is 12.4. The van der Waals surface area contributed by atoms with Gasteiger partial charge in [0.15, 0.2) is 0 Å².